The van der Waals surface area contributed by atoms with Crippen LogP contribution >= 0.6 is 27.3 Å². The Hall–Kier alpha value is -1.21. The van der Waals surface area contributed by atoms with Crippen LogP contribution in [0.25, 0.3) is 0 Å². The number of urea groups is 1. The fourth-order valence-corrected chi connectivity index (χ4v) is 3.20. The summed E-state index contributed by atoms with van der Waals surface area (Å²) in [5.74, 6) is -0.633. The van der Waals surface area contributed by atoms with Crippen LogP contribution in [0.3, 0.4) is 0 Å². The first-order valence-corrected chi connectivity index (χ1v) is 6.90. The molecule has 1 aromatic rings. The lowest BCUT2D eigenvalue weighted by atomic mass is 10.1. The maximum absolute atomic E-state index is 12.0. The van der Waals surface area contributed by atoms with Gasteiger partial charge in [-0.1, -0.05) is 0 Å². The number of amides is 3. The first kappa shape index (κ1) is 13.2. The van der Waals surface area contributed by atoms with Crippen LogP contribution in [0.1, 0.15) is 23.5 Å². The molecule has 0 bridgehead atoms. The van der Waals surface area contributed by atoms with Gasteiger partial charge in [0, 0.05) is 4.47 Å². The molecule has 0 aromatic carbocycles. The van der Waals surface area contributed by atoms with Crippen molar-refractivity contribution in [3.05, 3.63) is 20.8 Å². The summed E-state index contributed by atoms with van der Waals surface area (Å²) in [7, 11) is 0. The molecule has 2 rings (SSSR count). The molecule has 1 N–H and O–H groups in total. The van der Waals surface area contributed by atoms with Crippen LogP contribution in [0.4, 0.5) is 4.79 Å². The van der Waals surface area contributed by atoms with Crippen LogP contribution in [0, 0.1) is 0 Å². The molecule has 0 radical (unpaired) electrons. The lowest BCUT2D eigenvalue weighted by Gasteiger charge is -2.15. The van der Waals surface area contributed by atoms with Gasteiger partial charge in [-0.25, -0.2) is 4.79 Å². The highest BCUT2D eigenvalue weighted by Crippen LogP contribution is 2.24. The Bertz CT molecular complexity index is 538. The van der Waals surface area contributed by atoms with Crippen LogP contribution in [0.5, 0.6) is 0 Å². The van der Waals surface area contributed by atoms with Crippen molar-refractivity contribution in [1.29, 1.82) is 0 Å². The second-order valence-corrected chi connectivity index (χ2v) is 6.24. The minimum atomic E-state index is -0.940. The van der Waals surface area contributed by atoms with Gasteiger partial charge in [-0.15, -0.1) is 11.3 Å². The Morgan fingerprint density at radius 3 is 2.61 bits per heavy atom. The van der Waals surface area contributed by atoms with Gasteiger partial charge >= 0.3 is 6.03 Å². The second-order valence-electron chi connectivity index (χ2n) is 4.47. The molecule has 2 heterocycles. The van der Waals surface area contributed by atoms with E-state index in [1.807, 2.05) is 0 Å². The average Bonchev–Trinajstić information content (AvgIpc) is 2.76. The molecule has 0 unspecified atom stereocenters. The number of rotatable bonds is 3. The van der Waals surface area contributed by atoms with E-state index >= 15 is 0 Å². The molecule has 1 saturated heterocycles. The fraction of sp³-hybridized carbons (Fsp3) is 0.364. The highest BCUT2D eigenvalue weighted by atomic mass is 79.9. The predicted molar refractivity (Wildman–Crippen MR) is 70.7 cm³/mol. The molecule has 0 saturated carbocycles. The zero-order valence-corrected chi connectivity index (χ0v) is 12.2. The molecule has 0 spiro atoms. The summed E-state index contributed by atoms with van der Waals surface area (Å²) < 4.78 is 0.684. The molecule has 0 aliphatic carbocycles. The van der Waals surface area contributed by atoms with Crippen LogP contribution in [-0.4, -0.2) is 34.7 Å². The van der Waals surface area contributed by atoms with E-state index in [-0.39, 0.29) is 18.2 Å². The molecule has 1 fully saturated rings. The van der Waals surface area contributed by atoms with Crippen LogP contribution in [-0.2, 0) is 4.79 Å². The molecule has 0 atom stereocenters. The van der Waals surface area contributed by atoms with Gasteiger partial charge in [0.1, 0.15) is 5.54 Å². The normalized spacial score (nSPS) is 18.1. The Morgan fingerprint density at radius 2 is 2.17 bits per heavy atom. The largest absolute Gasteiger partial charge is 0.325 e. The van der Waals surface area contributed by atoms with E-state index in [1.165, 1.54) is 11.3 Å². The highest BCUT2D eigenvalue weighted by molar-refractivity contribution is 9.10. The Labute approximate surface area is 116 Å². The van der Waals surface area contributed by atoms with E-state index < -0.39 is 11.6 Å². The average molecular weight is 331 g/mol. The number of nitrogens with one attached hydrogen (secondary N) is 1. The monoisotopic (exact) mass is 330 g/mol. The summed E-state index contributed by atoms with van der Waals surface area (Å²) in [5.41, 5.74) is -0.940. The van der Waals surface area contributed by atoms with Gasteiger partial charge in [0.15, 0.2) is 5.78 Å². The molecule has 3 amide bonds. The Morgan fingerprint density at radius 1 is 1.50 bits per heavy atom. The molecule has 7 heteroatoms. The van der Waals surface area contributed by atoms with Gasteiger partial charge in [-0.05, 0) is 41.2 Å². The summed E-state index contributed by atoms with van der Waals surface area (Å²) in [6.07, 6.45) is 0. The maximum atomic E-state index is 12.0. The third-order valence-corrected chi connectivity index (χ3v) is 4.50. The Balaban J connectivity index is 2.16. The number of nitrogens with zero attached hydrogens (tertiary/aromatic N) is 1. The third kappa shape index (κ3) is 2.20. The number of ketones is 1. The van der Waals surface area contributed by atoms with Gasteiger partial charge in [0.05, 0.1) is 11.4 Å². The molecular formula is C11H11BrN2O3S. The van der Waals surface area contributed by atoms with Gasteiger partial charge in [0.25, 0.3) is 5.91 Å². The number of carbonyl (C=O) groups excluding carboxylic acids is 3. The van der Waals surface area contributed by atoms with Gasteiger partial charge in [-0.3, -0.25) is 14.5 Å². The zero-order valence-electron chi connectivity index (χ0n) is 9.82. The molecular weight excluding hydrogens is 320 g/mol. The number of Topliss-reactive ketones (excluding diaryl/α,β-unsaturated/α-hetero) is 1. The van der Waals surface area contributed by atoms with E-state index in [0.29, 0.717) is 9.35 Å². The van der Waals surface area contributed by atoms with E-state index in [2.05, 4.69) is 21.2 Å². The van der Waals surface area contributed by atoms with Crippen molar-refractivity contribution in [3.8, 4) is 0 Å². The quantitative estimate of drug-likeness (QED) is 0.681. The number of carbonyl (C=O) groups is 3. The van der Waals surface area contributed by atoms with E-state index in [0.717, 1.165) is 4.90 Å². The van der Waals surface area contributed by atoms with Crippen molar-refractivity contribution in [1.82, 2.24) is 10.2 Å². The van der Waals surface area contributed by atoms with E-state index in [9.17, 15) is 14.4 Å². The molecule has 1 aliphatic rings. The third-order valence-electron chi connectivity index (χ3n) is 2.62. The molecule has 1 aliphatic heterocycles. The molecule has 96 valence electrons. The van der Waals surface area contributed by atoms with Gasteiger partial charge in [0.2, 0.25) is 0 Å². The first-order valence-electron chi connectivity index (χ1n) is 5.23. The smallest absolute Gasteiger partial charge is 0.324 e. The summed E-state index contributed by atoms with van der Waals surface area (Å²) in [4.78, 5) is 37.0. The minimum Gasteiger partial charge on any atom is -0.324 e. The summed E-state index contributed by atoms with van der Waals surface area (Å²) in [5, 5.41) is 4.31. The molecule has 5 nitrogen and oxygen atoms in total. The van der Waals surface area contributed by atoms with Gasteiger partial charge in [-0.2, -0.15) is 0 Å². The number of hydrogen-bond acceptors (Lipinski definition) is 4. The molecule has 1 aromatic heterocycles. The van der Waals surface area contributed by atoms with Crippen molar-refractivity contribution in [2.45, 2.75) is 19.4 Å². The van der Waals surface area contributed by atoms with Crippen molar-refractivity contribution >= 4 is 45.0 Å². The Kier molecular flexibility index (Phi) is 3.29. The van der Waals surface area contributed by atoms with Crippen LogP contribution in [0.15, 0.2) is 15.9 Å². The highest BCUT2D eigenvalue weighted by Gasteiger charge is 2.45. The summed E-state index contributed by atoms with van der Waals surface area (Å²) in [6.45, 7) is 2.99. The van der Waals surface area contributed by atoms with Crippen molar-refractivity contribution < 1.29 is 14.4 Å². The summed E-state index contributed by atoms with van der Waals surface area (Å²) >= 11 is 4.53. The maximum Gasteiger partial charge on any atom is 0.325 e. The van der Waals surface area contributed by atoms with Crippen molar-refractivity contribution in [2.24, 2.45) is 0 Å². The minimum absolute atomic E-state index is 0.229. The SMILES string of the molecule is CC1(C)NC(=O)N(CC(=O)c2sccc2Br)C1=O. The van der Waals surface area contributed by atoms with Crippen molar-refractivity contribution in [3.63, 3.8) is 0 Å². The first-order chi connectivity index (χ1) is 8.33. The number of hydrogen-bond donors (Lipinski definition) is 1. The van der Waals surface area contributed by atoms with Gasteiger partial charge < -0.3 is 5.32 Å². The number of thiophene rings is 1. The van der Waals surface area contributed by atoms with Crippen LogP contribution < -0.4 is 5.32 Å². The van der Waals surface area contributed by atoms with E-state index in [1.54, 1.807) is 25.3 Å². The standard InChI is InChI=1S/C11H11BrN2O3S/c1-11(2)9(16)14(10(17)13-11)5-7(15)8-6(12)3-4-18-8/h3-4H,5H2,1-2H3,(H,13,17). The van der Waals surface area contributed by atoms with Crippen LogP contribution in [0.2, 0.25) is 0 Å². The molecule has 18 heavy (non-hydrogen) atoms. The second kappa shape index (κ2) is 4.47. The number of halogens is 1. The fourth-order valence-electron chi connectivity index (χ4n) is 1.67. The number of imide groups is 1. The zero-order chi connectivity index (χ0) is 13.5. The summed E-state index contributed by atoms with van der Waals surface area (Å²) in [6, 6.07) is 1.24. The lowest BCUT2D eigenvalue weighted by molar-refractivity contribution is -0.129. The van der Waals surface area contributed by atoms with Crippen molar-refractivity contribution in [2.75, 3.05) is 6.54 Å². The van der Waals surface area contributed by atoms with E-state index in [4.69, 9.17) is 0 Å². The lowest BCUT2D eigenvalue weighted by Crippen LogP contribution is -2.41. The predicted octanol–water partition coefficient (Wildman–Crippen LogP) is 2.02. The topological polar surface area (TPSA) is 66.5 Å².